The largest absolute Gasteiger partial charge is 0.506 e. The van der Waals surface area contributed by atoms with Crippen LogP contribution in [0, 0.1) is 6.07 Å². The number of hydrogen-bond donors (Lipinski definition) is 1. The van der Waals surface area contributed by atoms with E-state index in [0.717, 1.165) is 45.0 Å². The van der Waals surface area contributed by atoms with Crippen molar-refractivity contribution >= 4 is 28.1 Å². The van der Waals surface area contributed by atoms with E-state index in [1.54, 1.807) is 6.07 Å². The van der Waals surface area contributed by atoms with Gasteiger partial charge < -0.3 is 10.0 Å². The molecular weight excluding hydrogens is 722 g/mol. The number of phenols is 1. The number of phenolic OH excluding ortho intramolecular Hbond substituents is 1. The summed E-state index contributed by atoms with van der Waals surface area (Å²) in [5, 5.41) is 11.8. The number of pyridine rings is 2. The quantitative estimate of drug-likeness (QED) is 0.183. The van der Waals surface area contributed by atoms with Gasteiger partial charge in [0.05, 0.1) is 0 Å². The minimum Gasteiger partial charge on any atom is -0.506 e. The molecule has 0 saturated heterocycles. The topological polar surface area (TPSA) is 49.3 Å². The number of benzene rings is 4. The Bertz CT molecular complexity index is 1990. The Labute approximate surface area is 273 Å². The van der Waals surface area contributed by atoms with Crippen LogP contribution in [0.3, 0.4) is 0 Å². The van der Waals surface area contributed by atoms with Crippen LogP contribution in [0.15, 0.2) is 109 Å². The molecule has 3 heterocycles. The Balaban J connectivity index is 0.00000343. The van der Waals surface area contributed by atoms with Crippen LogP contribution in [-0.4, -0.2) is 15.1 Å². The molecule has 4 aromatic carbocycles. The van der Waals surface area contributed by atoms with Gasteiger partial charge in [-0.25, -0.2) is 4.98 Å². The minimum absolute atomic E-state index is 0. The van der Waals surface area contributed by atoms with E-state index in [-0.39, 0.29) is 37.6 Å². The molecule has 0 fully saturated rings. The van der Waals surface area contributed by atoms with Gasteiger partial charge in [-0.3, -0.25) is 4.98 Å². The van der Waals surface area contributed by atoms with Crippen molar-refractivity contribution < 1.29 is 26.2 Å². The molecule has 6 aromatic rings. The standard InChI is InChI=1S/C39H34N3O.Pt/c1-38(2,3)27-16-13-25(14-17-27)28-19-22-35(43)37-29(28)18-21-32(41-37)26-15-20-31-34(24-26)42(36-12-8-9-23-40-36)33-11-7-6-10-30(33)39(31,4)5;/h6-23,43H,1-5H3;/q-1;. The predicted octanol–water partition coefficient (Wildman–Crippen LogP) is 9.87. The molecule has 0 saturated carbocycles. The van der Waals surface area contributed by atoms with Crippen molar-refractivity contribution in [2.75, 3.05) is 4.90 Å². The maximum Gasteiger partial charge on any atom is 0.140 e. The molecule has 4 nitrogen and oxygen atoms in total. The molecule has 0 radical (unpaired) electrons. The van der Waals surface area contributed by atoms with Gasteiger partial charge >= 0.3 is 0 Å². The first-order valence-electron chi connectivity index (χ1n) is 14.7. The summed E-state index contributed by atoms with van der Waals surface area (Å²) in [4.78, 5) is 11.9. The number of aromatic nitrogens is 2. The van der Waals surface area contributed by atoms with Crippen molar-refractivity contribution in [1.29, 1.82) is 0 Å². The first-order chi connectivity index (χ1) is 20.6. The van der Waals surface area contributed by atoms with Gasteiger partial charge in [-0.05, 0) is 74.8 Å². The number of para-hydroxylation sites is 1. The van der Waals surface area contributed by atoms with Crippen LogP contribution >= 0.6 is 0 Å². The summed E-state index contributed by atoms with van der Waals surface area (Å²) >= 11 is 0. The Morgan fingerprint density at radius 2 is 1.52 bits per heavy atom. The molecule has 7 rings (SSSR count). The van der Waals surface area contributed by atoms with Crippen LogP contribution in [0.5, 0.6) is 5.75 Å². The Kier molecular flexibility index (Phi) is 7.46. The van der Waals surface area contributed by atoms with E-state index >= 15 is 0 Å². The molecule has 5 heteroatoms. The van der Waals surface area contributed by atoms with Crippen LogP contribution < -0.4 is 4.90 Å². The second-order valence-corrected chi connectivity index (χ2v) is 12.9. The zero-order chi connectivity index (χ0) is 29.9. The molecule has 0 unspecified atom stereocenters. The average molecular weight is 756 g/mol. The zero-order valence-electron chi connectivity index (χ0n) is 25.5. The molecular formula is C39H34N3OPt-. The fraction of sp³-hybridized carbons (Fsp3) is 0.179. The SMILES string of the molecule is CC(C)(C)c1ccc(-c2ccc(O)c3nc(-c4[c-]c5c(cc4)C(C)(C)c4ccccc4N5c4ccccn4)ccc23)cc1.[Pt]. The zero-order valence-corrected chi connectivity index (χ0v) is 27.8. The van der Waals surface area contributed by atoms with E-state index in [1.807, 2.05) is 36.5 Å². The molecule has 1 aliphatic heterocycles. The van der Waals surface area contributed by atoms with Crippen LogP contribution in [0.4, 0.5) is 17.2 Å². The van der Waals surface area contributed by atoms with E-state index in [0.29, 0.717) is 5.52 Å². The summed E-state index contributed by atoms with van der Waals surface area (Å²) < 4.78 is 0. The maximum atomic E-state index is 10.9. The van der Waals surface area contributed by atoms with Crippen LogP contribution in [0.2, 0.25) is 0 Å². The van der Waals surface area contributed by atoms with Crippen molar-refractivity contribution in [2.45, 2.75) is 45.4 Å². The Morgan fingerprint density at radius 1 is 0.773 bits per heavy atom. The Morgan fingerprint density at radius 3 is 2.25 bits per heavy atom. The van der Waals surface area contributed by atoms with Crippen LogP contribution in [0.25, 0.3) is 33.3 Å². The number of aromatic hydroxyl groups is 1. The summed E-state index contributed by atoms with van der Waals surface area (Å²) in [5.41, 5.74) is 9.94. The number of anilines is 3. The first-order valence-corrected chi connectivity index (χ1v) is 14.7. The summed E-state index contributed by atoms with van der Waals surface area (Å²) in [6, 6.07) is 39.0. The molecule has 0 bridgehead atoms. The number of hydrogen-bond acceptors (Lipinski definition) is 4. The Hall–Kier alpha value is -4.27. The van der Waals surface area contributed by atoms with Crippen LogP contribution in [0.1, 0.15) is 51.3 Å². The van der Waals surface area contributed by atoms with Gasteiger partial charge in [-0.15, -0.1) is 23.8 Å². The van der Waals surface area contributed by atoms with Gasteiger partial charge in [0.1, 0.15) is 17.1 Å². The third kappa shape index (κ3) is 4.92. The second-order valence-electron chi connectivity index (χ2n) is 12.9. The predicted molar refractivity (Wildman–Crippen MR) is 176 cm³/mol. The third-order valence-corrected chi connectivity index (χ3v) is 8.69. The third-order valence-electron chi connectivity index (χ3n) is 8.69. The molecule has 0 amide bonds. The maximum absolute atomic E-state index is 10.9. The molecule has 1 aliphatic rings. The van der Waals surface area contributed by atoms with E-state index in [2.05, 4.69) is 112 Å². The van der Waals surface area contributed by atoms with E-state index in [4.69, 9.17) is 9.97 Å². The van der Waals surface area contributed by atoms with Gasteiger partial charge in [0.15, 0.2) is 0 Å². The van der Waals surface area contributed by atoms with E-state index < -0.39 is 0 Å². The average Bonchev–Trinajstić information content (AvgIpc) is 3.01. The summed E-state index contributed by atoms with van der Waals surface area (Å²) in [7, 11) is 0. The molecule has 222 valence electrons. The van der Waals surface area contributed by atoms with Crippen molar-refractivity contribution in [3.05, 3.63) is 132 Å². The van der Waals surface area contributed by atoms with Gasteiger partial charge in [0.25, 0.3) is 0 Å². The van der Waals surface area contributed by atoms with E-state index in [9.17, 15) is 5.11 Å². The number of rotatable bonds is 3. The molecule has 0 aliphatic carbocycles. The van der Waals surface area contributed by atoms with Crippen molar-refractivity contribution in [3.8, 4) is 28.1 Å². The summed E-state index contributed by atoms with van der Waals surface area (Å²) in [5.74, 6) is 1.00. The fourth-order valence-corrected chi connectivity index (χ4v) is 6.25. The van der Waals surface area contributed by atoms with Crippen molar-refractivity contribution in [2.24, 2.45) is 0 Å². The molecule has 2 aromatic heterocycles. The normalized spacial score (nSPS) is 13.6. The van der Waals surface area contributed by atoms with Gasteiger partial charge in [0.2, 0.25) is 0 Å². The molecule has 0 atom stereocenters. The summed E-state index contributed by atoms with van der Waals surface area (Å²) in [6.45, 7) is 11.2. The smallest absolute Gasteiger partial charge is 0.140 e. The molecule has 44 heavy (non-hydrogen) atoms. The van der Waals surface area contributed by atoms with Crippen LogP contribution in [-0.2, 0) is 31.9 Å². The van der Waals surface area contributed by atoms with Gasteiger partial charge in [0, 0.05) is 38.3 Å². The number of nitrogens with zero attached hydrogens (tertiary/aromatic N) is 3. The van der Waals surface area contributed by atoms with Crippen molar-refractivity contribution in [1.82, 2.24) is 9.97 Å². The first kappa shape index (κ1) is 29.8. The fourth-order valence-electron chi connectivity index (χ4n) is 6.25. The summed E-state index contributed by atoms with van der Waals surface area (Å²) in [6.07, 6.45) is 1.82. The van der Waals surface area contributed by atoms with Crippen molar-refractivity contribution in [3.63, 3.8) is 0 Å². The monoisotopic (exact) mass is 755 g/mol. The van der Waals surface area contributed by atoms with Gasteiger partial charge in [-0.1, -0.05) is 101 Å². The minimum atomic E-state index is -0.223. The number of fused-ring (bicyclic) bond motifs is 3. The molecule has 1 N–H and O–H groups in total. The van der Waals surface area contributed by atoms with E-state index in [1.165, 1.54) is 16.7 Å². The second kappa shape index (κ2) is 11.0. The molecule has 0 spiro atoms. The van der Waals surface area contributed by atoms with Gasteiger partial charge in [-0.2, -0.15) is 0 Å².